The first-order valence-electron chi connectivity index (χ1n) is 9.21. The third-order valence-electron chi connectivity index (χ3n) is 4.86. The molecule has 138 valence electrons. The molecule has 1 aliphatic heterocycles. The molecule has 0 unspecified atom stereocenters. The number of hydrogen-bond acceptors (Lipinski definition) is 5. The fourth-order valence-electron chi connectivity index (χ4n) is 3.08. The number of aromatic nitrogens is 1. The molecule has 0 saturated carbocycles. The lowest BCUT2D eigenvalue weighted by molar-refractivity contribution is -0.239. The number of unbranched alkanes of at least 4 members (excludes halogenated alkanes) is 1. The van der Waals surface area contributed by atoms with Crippen molar-refractivity contribution in [3.05, 3.63) is 41.3 Å². The highest BCUT2D eigenvalue weighted by molar-refractivity contribution is 5.54. The van der Waals surface area contributed by atoms with Gasteiger partial charge in [0.1, 0.15) is 11.8 Å². The van der Waals surface area contributed by atoms with Crippen molar-refractivity contribution in [1.82, 2.24) is 4.98 Å². The summed E-state index contributed by atoms with van der Waals surface area (Å²) >= 11 is 0. The normalized spacial score (nSPS) is 22.9. The molecule has 26 heavy (non-hydrogen) atoms. The van der Waals surface area contributed by atoms with Crippen molar-refractivity contribution in [1.29, 1.82) is 5.26 Å². The predicted molar refractivity (Wildman–Crippen MR) is 98.4 cm³/mol. The molecular weight excluding hydrogens is 328 g/mol. The molecule has 1 saturated heterocycles. The van der Waals surface area contributed by atoms with Gasteiger partial charge in [0, 0.05) is 18.4 Å². The molecule has 0 N–H and O–H groups in total. The van der Waals surface area contributed by atoms with Crippen molar-refractivity contribution in [3.8, 4) is 17.5 Å². The van der Waals surface area contributed by atoms with Gasteiger partial charge in [-0.15, -0.1) is 0 Å². The molecule has 2 heterocycles. The van der Waals surface area contributed by atoms with E-state index in [9.17, 15) is 0 Å². The van der Waals surface area contributed by atoms with Gasteiger partial charge in [-0.2, -0.15) is 5.26 Å². The molecule has 1 aromatic carbocycles. The zero-order chi connectivity index (χ0) is 18.6. The van der Waals surface area contributed by atoms with Gasteiger partial charge in [0.2, 0.25) is 5.89 Å². The van der Waals surface area contributed by atoms with E-state index in [1.54, 1.807) is 6.92 Å². The van der Waals surface area contributed by atoms with Crippen molar-refractivity contribution in [2.24, 2.45) is 5.92 Å². The van der Waals surface area contributed by atoms with Crippen LogP contribution in [-0.2, 0) is 15.9 Å². The minimum atomic E-state index is -1.07. The van der Waals surface area contributed by atoms with E-state index in [0.717, 1.165) is 42.7 Å². The smallest absolute Gasteiger partial charge is 0.256 e. The molecule has 1 aliphatic rings. The second kappa shape index (κ2) is 8.03. The van der Waals surface area contributed by atoms with Gasteiger partial charge >= 0.3 is 0 Å². The van der Waals surface area contributed by atoms with Crippen molar-refractivity contribution >= 4 is 0 Å². The van der Waals surface area contributed by atoms with Crippen LogP contribution in [0.4, 0.5) is 0 Å². The summed E-state index contributed by atoms with van der Waals surface area (Å²) in [5.74, 6) is 0.885. The molecule has 3 rings (SSSR count). The molecule has 0 bridgehead atoms. The van der Waals surface area contributed by atoms with Crippen LogP contribution in [0.1, 0.15) is 43.2 Å². The standard InChI is InChI=1S/C21H26N2O3/c1-15-8-10-18(11-9-15)20-23-19(16(2)26-20)7-5-4-6-17-12-24-21(3,14-22)25-13-17/h8-11,17H,4-7,12-13H2,1-3H3. The summed E-state index contributed by atoms with van der Waals surface area (Å²) in [6.45, 7) is 6.89. The van der Waals surface area contributed by atoms with Crippen LogP contribution in [-0.4, -0.2) is 24.0 Å². The number of nitrogens with zero attached hydrogens (tertiary/aromatic N) is 2. The summed E-state index contributed by atoms with van der Waals surface area (Å²) in [6.07, 6.45) is 4.06. The van der Waals surface area contributed by atoms with Gasteiger partial charge in [0.15, 0.2) is 0 Å². The Morgan fingerprint density at radius 1 is 1.15 bits per heavy atom. The molecule has 5 nitrogen and oxygen atoms in total. The number of rotatable bonds is 6. The van der Waals surface area contributed by atoms with Gasteiger partial charge < -0.3 is 13.9 Å². The second-order valence-electron chi connectivity index (χ2n) is 7.18. The summed E-state index contributed by atoms with van der Waals surface area (Å²) < 4.78 is 16.9. The summed E-state index contributed by atoms with van der Waals surface area (Å²) in [5, 5.41) is 8.98. The van der Waals surface area contributed by atoms with Crippen LogP contribution < -0.4 is 0 Å². The average molecular weight is 354 g/mol. The number of ether oxygens (including phenoxy) is 2. The zero-order valence-corrected chi connectivity index (χ0v) is 15.7. The predicted octanol–water partition coefficient (Wildman–Crippen LogP) is 4.57. The highest BCUT2D eigenvalue weighted by Crippen LogP contribution is 2.25. The van der Waals surface area contributed by atoms with Crippen LogP contribution in [0.5, 0.6) is 0 Å². The minimum Gasteiger partial charge on any atom is -0.441 e. The Labute approximate surface area is 154 Å². The van der Waals surface area contributed by atoms with Gasteiger partial charge in [0.25, 0.3) is 5.79 Å². The molecule has 1 aromatic heterocycles. The maximum atomic E-state index is 8.98. The Morgan fingerprint density at radius 3 is 2.50 bits per heavy atom. The monoisotopic (exact) mass is 354 g/mol. The quantitative estimate of drug-likeness (QED) is 0.711. The van der Waals surface area contributed by atoms with E-state index in [1.807, 2.05) is 19.1 Å². The van der Waals surface area contributed by atoms with Crippen LogP contribution in [0.15, 0.2) is 28.7 Å². The van der Waals surface area contributed by atoms with E-state index in [2.05, 4.69) is 30.1 Å². The van der Waals surface area contributed by atoms with Gasteiger partial charge in [-0.3, -0.25) is 0 Å². The van der Waals surface area contributed by atoms with Crippen LogP contribution in [0.3, 0.4) is 0 Å². The van der Waals surface area contributed by atoms with Crippen LogP contribution >= 0.6 is 0 Å². The van der Waals surface area contributed by atoms with E-state index in [0.29, 0.717) is 25.0 Å². The number of benzene rings is 1. The molecule has 0 spiro atoms. The fraction of sp³-hybridized carbons (Fsp3) is 0.524. The van der Waals surface area contributed by atoms with E-state index in [4.69, 9.17) is 19.2 Å². The summed E-state index contributed by atoms with van der Waals surface area (Å²) in [4.78, 5) is 4.67. The van der Waals surface area contributed by atoms with E-state index < -0.39 is 5.79 Å². The Bertz CT molecular complexity index is 766. The highest BCUT2D eigenvalue weighted by Gasteiger charge is 2.32. The highest BCUT2D eigenvalue weighted by atomic mass is 16.7. The third-order valence-corrected chi connectivity index (χ3v) is 4.86. The third kappa shape index (κ3) is 4.51. The van der Waals surface area contributed by atoms with Crippen LogP contribution in [0, 0.1) is 31.1 Å². The lowest BCUT2D eigenvalue weighted by Crippen LogP contribution is -2.40. The van der Waals surface area contributed by atoms with Gasteiger partial charge in [-0.05, 0) is 45.2 Å². The van der Waals surface area contributed by atoms with Crippen molar-refractivity contribution in [2.45, 2.75) is 52.2 Å². The molecule has 5 heteroatoms. The molecule has 2 aromatic rings. The summed E-state index contributed by atoms with van der Waals surface area (Å²) in [7, 11) is 0. The largest absolute Gasteiger partial charge is 0.441 e. The molecule has 0 atom stereocenters. The number of oxazole rings is 1. The molecule has 0 radical (unpaired) electrons. The number of nitriles is 1. The van der Waals surface area contributed by atoms with Gasteiger partial charge in [-0.1, -0.05) is 24.1 Å². The molecule has 1 fully saturated rings. The van der Waals surface area contributed by atoms with Crippen molar-refractivity contribution < 1.29 is 13.9 Å². The van der Waals surface area contributed by atoms with Crippen LogP contribution in [0.2, 0.25) is 0 Å². The topological polar surface area (TPSA) is 68.3 Å². The summed E-state index contributed by atoms with van der Waals surface area (Å²) in [5.41, 5.74) is 3.28. The van der Waals surface area contributed by atoms with Gasteiger partial charge in [0.05, 0.1) is 18.9 Å². The first-order valence-corrected chi connectivity index (χ1v) is 9.21. The minimum absolute atomic E-state index is 0.359. The zero-order valence-electron chi connectivity index (χ0n) is 15.7. The lowest BCUT2D eigenvalue weighted by Gasteiger charge is -2.32. The van der Waals surface area contributed by atoms with E-state index in [-0.39, 0.29) is 0 Å². The van der Waals surface area contributed by atoms with E-state index >= 15 is 0 Å². The van der Waals surface area contributed by atoms with E-state index in [1.165, 1.54) is 5.56 Å². The Morgan fingerprint density at radius 2 is 1.85 bits per heavy atom. The SMILES string of the molecule is Cc1ccc(-c2nc(CCCCC3COC(C)(C#N)OC3)c(C)o2)cc1. The maximum Gasteiger partial charge on any atom is 0.256 e. The maximum absolute atomic E-state index is 8.98. The fourth-order valence-corrected chi connectivity index (χ4v) is 3.08. The summed E-state index contributed by atoms with van der Waals surface area (Å²) in [6, 6.07) is 10.3. The average Bonchev–Trinajstić information content (AvgIpc) is 3.02. The Balaban J connectivity index is 1.46. The van der Waals surface area contributed by atoms with Crippen LogP contribution in [0.25, 0.3) is 11.5 Å². The Hall–Kier alpha value is -2.16. The Kier molecular flexibility index (Phi) is 5.75. The van der Waals surface area contributed by atoms with Crippen molar-refractivity contribution in [2.75, 3.05) is 13.2 Å². The number of aryl methyl sites for hydroxylation is 3. The number of hydrogen-bond donors (Lipinski definition) is 0. The van der Waals surface area contributed by atoms with Gasteiger partial charge in [-0.25, -0.2) is 4.98 Å². The first kappa shape index (κ1) is 18.6. The van der Waals surface area contributed by atoms with Crippen molar-refractivity contribution in [3.63, 3.8) is 0 Å². The molecule has 0 aliphatic carbocycles. The molecule has 0 amide bonds. The lowest BCUT2D eigenvalue weighted by atomic mass is 10.0. The second-order valence-corrected chi connectivity index (χ2v) is 7.18. The first-order chi connectivity index (χ1) is 12.5. The molecular formula is C21H26N2O3.